The quantitative estimate of drug-likeness (QED) is 0.399. The molecule has 0 saturated heterocycles. The Balaban J connectivity index is 0.00000288. The Morgan fingerprint density at radius 1 is 1.29 bits per heavy atom. The van der Waals surface area contributed by atoms with Crippen LogP contribution in [0.1, 0.15) is 23.3 Å². The van der Waals surface area contributed by atoms with Gasteiger partial charge in [-0.1, -0.05) is 6.07 Å². The zero-order valence-corrected chi connectivity index (χ0v) is 15.9. The Morgan fingerprint density at radius 2 is 2.08 bits per heavy atom. The van der Waals surface area contributed by atoms with Gasteiger partial charge in [-0.15, -0.1) is 35.3 Å². The van der Waals surface area contributed by atoms with Gasteiger partial charge in [-0.05, 0) is 19.1 Å². The van der Waals surface area contributed by atoms with Gasteiger partial charge in [0.1, 0.15) is 5.01 Å². The highest BCUT2D eigenvalue weighted by Gasteiger charge is 2.33. The summed E-state index contributed by atoms with van der Waals surface area (Å²) in [6.45, 7) is 3.10. The summed E-state index contributed by atoms with van der Waals surface area (Å²) < 4.78 is 37.5. The van der Waals surface area contributed by atoms with Gasteiger partial charge in [0.2, 0.25) is 0 Å². The lowest BCUT2D eigenvalue weighted by atomic mass is 10.3. The molecule has 0 aliphatic carbocycles. The molecule has 5 nitrogen and oxygen atoms in total. The number of pyridine rings is 1. The lowest BCUT2D eigenvalue weighted by Crippen LogP contribution is -2.36. The second kappa shape index (κ2) is 9.77. The van der Waals surface area contributed by atoms with Crippen LogP contribution in [0.2, 0.25) is 0 Å². The Morgan fingerprint density at radius 3 is 2.67 bits per heavy atom. The SMILES string of the molecule is CCNC(=NCc1ccccn1)NCc1nc(C(F)(F)F)cs1.I. The van der Waals surface area contributed by atoms with Crippen molar-refractivity contribution in [3.05, 3.63) is 46.2 Å². The number of guanidine groups is 1. The highest BCUT2D eigenvalue weighted by molar-refractivity contribution is 14.0. The number of nitrogens with zero attached hydrogens (tertiary/aromatic N) is 3. The van der Waals surface area contributed by atoms with E-state index in [4.69, 9.17) is 0 Å². The molecule has 2 aromatic rings. The second-order valence-corrected chi connectivity index (χ2v) is 5.44. The molecule has 0 saturated carbocycles. The summed E-state index contributed by atoms with van der Waals surface area (Å²) in [5, 5.41) is 7.35. The van der Waals surface area contributed by atoms with Crippen molar-refractivity contribution < 1.29 is 13.2 Å². The summed E-state index contributed by atoms with van der Waals surface area (Å²) in [7, 11) is 0. The van der Waals surface area contributed by atoms with E-state index in [1.165, 1.54) is 0 Å². The first-order valence-electron chi connectivity index (χ1n) is 6.92. The topological polar surface area (TPSA) is 62.2 Å². The molecular formula is C14H17F3IN5S. The normalized spacial score (nSPS) is 11.8. The van der Waals surface area contributed by atoms with Crippen molar-refractivity contribution in [2.45, 2.75) is 26.2 Å². The van der Waals surface area contributed by atoms with Crippen LogP contribution in [-0.2, 0) is 19.3 Å². The predicted octanol–water partition coefficient (Wildman–Crippen LogP) is 3.43. The van der Waals surface area contributed by atoms with Crippen molar-refractivity contribution >= 4 is 41.3 Å². The lowest BCUT2D eigenvalue weighted by molar-refractivity contribution is -0.140. The zero-order valence-electron chi connectivity index (χ0n) is 12.8. The van der Waals surface area contributed by atoms with Crippen LogP contribution in [0.4, 0.5) is 13.2 Å². The van der Waals surface area contributed by atoms with E-state index in [0.29, 0.717) is 24.1 Å². The fourth-order valence-corrected chi connectivity index (χ4v) is 2.42. The highest BCUT2D eigenvalue weighted by atomic mass is 127. The van der Waals surface area contributed by atoms with Crippen molar-refractivity contribution in [3.63, 3.8) is 0 Å². The number of thiazole rings is 1. The van der Waals surface area contributed by atoms with Crippen molar-refractivity contribution in [2.24, 2.45) is 4.99 Å². The van der Waals surface area contributed by atoms with Gasteiger partial charge in [0.25, 0.3) is 0 Å². The molecule has 0 unspecified atom stereocenters. The minimum atomic E-state index is -4.41. The van der Waals surface area contributed by atoms with E-state index < -0.39 is 11.9 Å². The van der Waals surface area contributed by atoms with Crippen LogP contribution in [0.5, 0.6) is 0 Å². The van der Waals surface area contributed by atoms with Crippen LogP contribution in [0, 0.1) is 0 Å². The number of rotatable bonds is 5. The maximum absolute atomic E-state index is 12.5. The Hall–Kier alpha value is -1.43. The van der Waals surface area contributed by atoms with Gasteiger partial charge in [-0.3, -0.25) is 4.98 Å². The van der Waals surface area contributed by atoms with Crippen molar-refractivity contribution in [3.8, 4) is 0 Å². The number of nitrogens with one attached hydrogen (secondary N) is 2. The summed E-state index contributed by atoms with van der Waals surface area (Å²) in [5.74, 6) is 0.502. The minimum Gasteiger partial charge on any atom is -0.357 e. The molecule has 0 atom stereocenters. The predicted molar refractivity (Wildman–Crippen MR) is 98.4 cm³/mol. The molecule has 0 radical (unpaired) electrons. The van der Waals surface area contributed by atoms with Gasteiger partial charge in [-0.2, -0.15) is 13.2 Å². The summed E-state index contributed by atoms with van der Waals surface area (Å²) in [6, 6.07) is 5.54. The fourth-order valence-electron chi connectivity index (χ4n) is 1.68. The zero-order chi connectivity index (χ0) is 16.7. The molecule has 0 amide bonds. The largest absolute Gasteiger partial charge is 0.434 e. The first-order chi connectivity index (χ1) is 11.0. The van der Waals surface area contributed by atoms with Crippen molar-refractivity contribution in [1.29, 1.82) is 0 Å². The molecule has 2 heterocycles. The number of hydrogen-bond acceptors (Lipinski definition) is 4. The number of aromatic nitrogens is 2. The smallest absolute Gasteiger partial charge is 0.357 e. The molecule has 0 fully saturated rings. The second-order valence-electron chi connectivity index (χ2n) is 4.49. The van der Waals surface area contributed by atoms with E-state index >= 15 is 0 Å². The maximum atomic E-state index is 12.5. The highest BCUT2D eigenvalue weighted by Crippen LogP contribution is 2.29. The summed E-state index contributed by atoms with van der Waals surface area (Å²) in [5.41, 5.74) is -0.0620. The van der Waals surface area contributed by atoms with Gasteiger partial charge in [-0.25, -0.2) is 9.98 Å². The summed E-state index contributed by atoms with van der Waals surface area (Å²) in [6.07, 6.45) is -2.73. The van der Waals surface area contributed by atoms with E-state index in [-0.39, 0.29) is 30.5 Å². The summed E-state index contributed by atoms with van der Waals surface area (Å²) >= 11 is 0.962. The van der Waals surface area contributed by atoms with Gasteiger partial charge in [0, 0.05) is 18.1 Å². The van der Waals surface area contributed by atoms with Crippen LogP contribution < -0.4 is 10.6 Å². The molecule has 24 heavy (non-hydrogen) atoms. The standard InChI is InChI=1S/C14H16F3N5S.HI/c1-2-18-13(20-7-10-5-3-4-6-19-10)21-8-12-22-11(9-23-12)14(15,16)17;/h3-6,9H,2,7-8H2,1H3,(H2,18,20,21);1H. The molecule has 0 aliphatic heterocycles. The van der Waals surface area contributed by atoms with E-state index in [1.807, 2.05) is 25.1 Å². The number of halogens is 4. The fraction of sp³-hybridized carbons (Fsp3) is 0.357. The van der Waals surface area contributed by atoms with Crippen molar-refractivity contribution in [2.75, 3.05) is 6.54 Å². The van der Waals surface area contributed by atoms with Gasteiger partial charge < -0.3 is 10.6 Å². The van der Waals surface area contributed by atoms with Crippen LogP contribution in [0.25, 0.3) is 0 Å². The average Bonchev–Trinajstić information content (AvgIpc) is 3.00. The first-order valence-corrected chi connectivity index (χ1v) is 7.80. The molecular weight excluding hydrogens is 454 g/mol. The Kier molecular flexibility index (Phi) is 8.39. The van der Waals surface area contributed by atoms with Gasteiger partial charge in [0.05, 0.1) is 18.8 Å². The third-order valence-electron chi connectivity index (χ3n) is 2.72. The first kappa shape index (κ1) is 20.6. The average molecular weight is 471 g/mol. The van der Waals surface area contributed by atoms with E-state index in [9.17, 15) is 13.2 Å². The third kappa shape index (κ3) is 6.59. The van der Waals surface area contributed by atoms with Crippen LogP contribution in [0.15, 0.2) is 34.8 Å². The van der Waals surface area contributed by atoms with Crippen molar-refractivity contribution in [1.82, 2.24) is 20.6 Å². The van der Waals surface area contributed by atoms with Crippen LogP contribution in [-0.4, -0.2) is 22.5 Å². The third-order valence-corrected chi connectivity index (χ3v) is 3.57. The van der Waals surface area contributed by atoms with E-state index in [0.717, 1.165) is 22.4 Å². The molecule has 10 heteroatoms. The molecule has 0 spiro atoms. The monoisotopic (exact) mass is 471 g/mol. The minimum absolute atomic E-state index is 0. The molecule has 0 bridgehead atoms. The van der Waals surface area contributed by atoms with Crippen LogP contribution >= 0.6 is 35.3 Å². The Labute approximate surface area is 158 Å². The molecule has 2 N–H and O–H groups in total. The number of hydrogen-bond donors (Lipinski definition) is 2. The number of aliphatic imine (C=N–C) groups is 1. The molecule has 0 aliphatic rings. The molecule has 132 valence electrons. The lowest BCUT2D eigenvalue weighted by Gasteiger charge is -2.10. The van der Waals surface area contributed by atoms with E-state index in [1.54, 1.807) is 6.20 Å². The summed E-state index contributed by atoms with van der Waals surface area (Å²) in [4.78, 5) is 12.1. The molecule has 2 rings (SSSR count). The van der Waals surface area contributed by atoms with Crippen LogP contribution in [0.3, 0.4) is 0 Å². The van der Waals surface area contributed by atoms with Gasteiger partial charge in [0.15, 0.2) is 11.7 Å². The maximum Gasteiger partial charge on any atom is 0.434 e. The van der Waals surface area contributed by atoms with E-state index in [2.05, 4.69) is 25.6 Å². The Bertz CT molecular complexity index is 645. The molecule has 0 aromatic carbocycles. The van der Waals surface area contributed by atoms with Gasteiger partial charge >= 0.3 is 6.18 Å². The number of alkyl halides is 3. The molecule has 2 aromatic heterocycles.